The third kappa shape index (κ3) is 3.96. The minimum absolute atomic E-state index is 0.0955. The van der Waals surface area contributed by atoms with Crippen LogP contribution in [0.3, 0.4) is 0 Å². The molecular weight excluding hydrogens is 492 g/mol. The molecule has 2 atom stereocenters. The van der Waals surface area contributed by atoms with Gasteiger partial charge in [-0.1, -0.05) is 12.1 Å². The first-order valence-corrected chi connectivity index (χ1v) is 14.7. The highest BCUT2D eigenvalue weighted by Crippen LogP contribution is 2.46. The van der Waals surface area contributed by atoms with Crippen molar-refractivity contribution in [1.82, 2.24) is 24.3 Å². The molecule has 5 aliphatic rings. The number of nitrogen functional groups attached to an aromatic ring is 1. The molecule has 206 valence electrons. The Bertz CT molecular complexity index is 1380. The number of anilines is 1. The van der Waals surface area contributed by atoms with Gasteiger partial charge in [0.2, 0.25) is 0 Å². The van der Waals surface area contributed by atoms with E-state index in [4.69, 9.17) is 20.2 Å². The first kappa shape index (κ1) is 24.1. The summed E-state index contributed by atoms with van der Waals surface area (Å²) >= 11 is 0. The monoisotopic (exact) mass is 530 g/mol. The molecule has 0 radical (unpaired) electrons. The average Bonchev–Trinajstić information content (AvgIpc) is 3.74. The number of likely N-dealkylation sites (tertiary alicyclic amines) is 2. The Morgan fingerprint density at radius 3 is 2.64 bits per heavy atom. The molecule has 39 heavy (non-hydrogen) atoms. The quantitative estimate of drug-likeness (QED) is 0.458. The van der Waals surface area contributed by atoms with Crippen molar-refractivity contribution in [3.63, 3.8) is 0 Å². The maximum absolute atomic E-state index is 9.36. The van der Waals surface area contributed by atoms with E-state index < -0.39 is 0 Å². The number of ether oxygens (including phenoxy) is 2. The van der Waals surface area contributed by atoms with Crippen molar-refractivity contribution >= 4 is 16.9 Å². The van der Waals surface area contributed by atoms with Crippen molar-refractivity contribution in [3.05, 3.63) is 36.8 Å². The maximum Gasteiger partial charge on any atom is 0.146 e. The first-order chi connectivity index (χ1) is 19.1. The van der Waals surface area contributed by atoms with E-state index in [9.17, 15) is 5.11 Å². The lowest BCUT2D eigenvalue weighted by Gasteiger charge is -2.46. The van der Waals surface area contributed by atoms with Crippen LogP contribution in [0.5, 0.6) is 5.75 Å². The Kier molecular flexibility index (Phi) is 5.66. The summed E-state index contributed by atoms with van der Waals surface area (Å²) in [5.41, 5.74) is 9.41. The Labute approximate surface area is 228 Å². The van der Waals surface area contributed by atoms with Gasteiger partial charge in [0.05, 0.1) is 18.1 Å². The molecule has 6 heterocycles. The summed E-state index contributed by atoms with van der Waals surface area (Å²) in [6, 6.07) is 10.6. The zero-order valence-corrected chi connectivity index (χ0v) is 22.4. The molecule has 1 saturated carbocycles. The second-order valence-corrected chi connectivity index (χ2v) is 12.5. The maximum atomic E-state index is 9.36. The summed E-state index contributed by atoms with van der Waals surface area (Å²) in [6.45, 7) is 3.91. The summed E-state index contributed by atoms with van der Waals surface area (Å²) in [7, 11) is 0. The molecule has 0 spiro atoms. The van der Waals surface area contributed by atoms with Gasteiger partial charge in [-0.05, 0) is 62.6 Å². The second kappa shape index (κ2) is 9.16. The minimum Gasteiger partial charge on any atom is -0.491 e. The smallest absolute Gasteiger partial charge is 0.146 e. The van der Waals surface area contributed by atoms with Crippen LogP contribution < -0.4 is 10.5 Å². The van der Waals surface area contributed by atoms with Gasteiger partial charge >= 0.3 is 0 Å². The third-order valence-corrected chi connectivity index (χ3v) is 10.3. The highest BCUT2D eigenvalue weighted by atomic mass is 16.6. The topological polar surface area (TPSA) is 102 Å². The molecule has 0 amide bonds. The standard InChI is InChI=1S/C30H38N6O3/c31-28-27-26(19-2-1-3-25(10-19)38-17-30-6-4-24(39-30)5-7-30)16-36(29(27)33-18-32-28)21-11-20(12-21)35-15-22-13-23(35)14-34(22)8-9-37/h1-3,10,16,18,20-24,37H,4-9,11-15,17H2,(H2,31,32,33)/t20-,21+,22?,23?,24?,30?. The number of piperazine rings is 1. The number of β-amino-alcohol motifs (C(OH)–C–C–N with tert-alkyl or cyclic N) is 1. The van der Waals surface area contributed by atoms with E-state index in [-0.39, 0.29) is 12.2 Å². The van der Waals surface area contributed by atoms with Crippen molar-refractivity contribution in [2.75, 3.05) is 38.6 Å². The van der Waals surface area contributed by atoms with Crippen LogP contribution in [0, 0.1) is 0 Å². The number of aliphatic hydroxyl groups is 1. The molecular formula is C30H38N6O3. The molecule has 4 saturated heterocycles. The molecule has 1 aliphatic carbocycles. The minimum atomic E-state index is -0.0955. The molecule has 8 rings (SSSR count). The van der Waals surface area contributed by atoms with Gasteiger partial charge in [-0.15, -0.1) is 0 Å². The van der Waals surface area contributed by atoms with Crippen LogP contribution in [0.4, 0.5) is 5.82 Å². The number of nitrogens with two attached hydrogens (primary N) is 1. The number of rotatable bonds is 8. The van der Waals surface area contributed by atoms with Crippen LogP contribution in [0.25, 0.3) is 22.2 Å². The summed E-state index contributed by atoms with van der Waals surface area (Å²) in [6.07, 6.45) is 12.3. The van der Waals surface area contributed by atoms with Gasteiger partial charge in [-0.25, -0.2) is 9.97 Å². The molecule has 3 N–H and O–H groups in total. The normalized spacial score (nSPS) is 33.8. The Morgan fingerprint density at radius 2 is 1.90 bits per heavy atom. The van der Waals surface area contributed by atoms with E-state index in [1.165, 1.54) is 6.42 Å². The summed E-state index contributed by atoms with van der Waals surface area (Å²) < 4.78 is 14.9. The van der Waals surface area contributed by atoms with Gasteiger partial charge in [0, 0.05) is 55.6 Å². The van der Waals surface area contributed by atoms with Crippen molar-refractivity contribution in [1.29, 1.82) is 0 Å². The van der Waals surface area contributed by atoms with Crippen LogP contribution in [-0.2, 0) is 4.74 Å². The van der Waals surface area contributed by atoms with Gasteiger partial charge in [0.25, 0.3) is 0 Å². The lowest BCUT2D eigenvalue weighted by atomic mass is 9.84. The Hall–Kier alpha value is -2.72. The molecule has 9 heteroatoms. The Balaban J connectivity index is 1.02. The van der Waals surface area contributed by atoms with E-state index in [1.54, 1.807) is 6.33 Å². The van der Waals surface area contributed by atoms with Gasteiger partial charge in [-0.2, -0.15) is 0 Å². The molecule has 2 aromatic heterocycles. The predicted octanol–water partition coefficient (Wildman–Crippen LogP) is 3.23. The molecule has 3 aromatic rings. The van der Waals surface area contributed by atoms with Crippen LogP contribution in [0.15, 0.2) is 36.8 Å². The number of aliphatic hydroxyl groups excluding tert-OH is 1. The van der Waals surface area contributed by atoms with Crippen LogP contribution >= 0.6 is 0 Å². The van der Waals surface area contributed by atoms with E-state index in [2.05, 4.69) is 43.7 Å². The van der Waals surface area contributed by atoms with Crippen molar-refractivity contribution in [2.45, 2.75) is 80.8 Å². The first-order valence-electron chi connectivity index (χ1n) is 14.7. The van der Waals surface area contributed by atoms with Crippen molar-refractivity contribution < 1.29 is 14.6 Å². The largest absolute Gasteiger partial charge is 0.491 e. The highest BCUT2D eigenvalue weighted by Gasteiger charge is 2.49. The second-order valence-electron chi connectivity index (χ2n) is 12.5. The third-order valence-electron chi connectivity index (χ3n) is 10.3. The average molecular weight is 531 g/mol. The van der Waals surface area contributed by atoms with Crippen LogP contribution in [-0.4, -0.2) is 92.1 Å². The van der Waals surface area contributed by atoms with E-state index in [0.29, 0.717) is 42.7 Å². The number of hydrogen-bond donors (Lipinski definition) is 2. The Morgan fingerprint density at radius 1 is 1.05 bits per heavy atom. The predicted molar refractivity (Wildman–Crippen MR) is 149 cm³/mol. The van der Waals surface area contributed by atoms with Gasteiger partial charge in [0.15, 0.2) is 0 Å². The lowest BCUT2D eigenvalue weighted by Crippen LogP contribution is -2.54. The van der Waals surface area contributed by atoms with Gasteiger partial charge < -0.3 is 24.9 Å². The van der Waals surface area contributed by atoms with Crippen molar-refractivity contribution in [2.24, 2.45) is 0 Å². The SMILES string of the molecule is Nc1ncnc2c1c(-c1cccc(OCC34CCC(CC3)O4)c1)cn2[C@H]1C[C@@H](N2CC3CC2CN3CCO)C1. The van der Waals surface area contributed by atoms with E-state index >= 15 is 0 Å². The summed E-state index contributed by atoms with van der Waals surface area (Å²) in [5.74, 6) is 1.38. The number of fused-ring (bicyclic) bond motifs is 5. The molecule has 1 aromatic carbocycles. The summed E-state index contributed by atoms with van der Waals surface area (Å²) in [5, 5.41) is 10.3. The van der Waals surface area contributed by atoms with E-state index in [0.717, 1.165) is 86.1 Å². The number of hydrogen-bond acceptors (Lipinski definition) is 8. The van der Waals surface area contributed by atoms with E-state index in [1.807, 2.05) is 6.07 Å². The van der Waals surface area contributed by atoms with Gasteiger partial charge in [-0.3, -0.25) is 9.80 Å². The fraction of sp³-hybridized carbons (Fsp3) is 0.600. The highest BCUT2D eigenvalue weighted by molar-refractivity contribution is 6.00. The lowest BCUT2D eigenvalue weighted by molar-refractivity contribution is -0.0198. The summed E-state index contributed by atoms with van der Waals surface area (Å²) in [4.78, 5) is 14.2. The molecule has 4 aliphatic heterocycles. The van der Waals surface area contributed by atoms with Crippen molar-refractivity contribution in [3.8, 4) is 16.9 Å². The zero-order chi connectivity index (χ0) is 26.1. The van der Waals surface area contributed by atoms with Crippen LogP contribution in [0.2, 0.25) is 0 Å². The number of aromatic nitrogens is 3. The zero-order valence-electron chi connectivity index (χ0n) is 22.4. The fourth-order valence-corrected chi connectivity index (χ4v) is 8.15. The number of benzene rings is 1. The molecule has 5 fully saturated rings. The van der Waals surface area contributed by atoms with Gasteiger partial charge in [0.1, 0.15) is 35.7 Å². The van der Waals surface area contributed by atoms with Crippen LogP contribution in [0.1, 0.15) is 51.0 Å². The molecule has 4 bridgehead atoms. The number of nitrogens with zero attached hydrogens (tertiary/aromatic N) is 5. The fourth-order valence-electron chi connectivity index (χ4n) is 8.15. The molecule has 9 nitrogen and oxygen atoms in total. The molecule has 2 unspecified atom stereocenters.